The Morgan fingerprint density at radius 2 is 2.00 bits per heavy atom. The van der Waals surface area contributed by atoms with E-state index in [2.05, 4.69) is 22.5 Å². The zero-order valence-electron chi connectivity index (χ0n) is 15.7. The molecule has 0 bridgehead atoms. The fourth-order valence-electron chi connectivity index (χ4n) is 3.68. The Morgan fingerprint density at radius 1 is 1.31 bits per heavy atom. The molecule has 2 aliphatic rings. The van der Waals surface area contributed by atoms with Gasteiger partial charge in [0.2, 0.25) is 5.91 Å². The van der Waals surface area contributed by atoms with Gasteiger partial charge in [-0.15, -0.1) is 0 Å². The maximum Gasteiger partial charge on any atom is 0.262 e. The van der Waals surface area contributed by atoms with Gasteiger partial charge in [0.05, 0.1) is 0 Å². The summed E-state index contributed by atoms with van der Waals surface area (Å²) in [4.78, 5) is 16.7. The van der Waals surface area contributed by atoms with E-state index >= 15 is 0 Å². The molecule has 0 aliphatic carbocycles. The van der Waals surface area contributed by atoms with Crippen molar-refractivity contribution in [2.75, 3.05) is 19.6 Å². The Labute approximate surface area is 155 Å². The molecule has 3 heterocycles. The first kappa shape index (κ1) is 19.3. The minimum absolute atomic E-state index is 0.0521. The number of amides is 1. The fraction of sp³-hybridized carbons (Fsp3) is 0.765. The number of rotatable bonds is 4. The van der Waals surface area contributed by atoms with Crippen molar-refractivity contribution in [2.45, 2.75) is 56.6 Å². The zero-order valence-corrected chi connectivity index (χ0v) is 16.6. The van der Waals surface area contributed by atoms with E-state index in [1.54, 1.807) is 24.7 Å². The summed E-state index contributed by atoms with van der Waals surface area (Å²) in [6.45, 7) is 5.57. The molecule has 2 fully saturated rings. The van der Waals surface area contributed by atoms with Crippen LogP contribution in [-0.4, -0.2) is 59.9 Å². The van der Waals surface area contributed by atoms with Gasteiger partial charge in [-0.25, -0.2) is 13.4 Å². The highest BCUT2D eigenvalue weighted by molar-refractivity contribution is 7.89. The van der Waals surface area contributed by atoms with Crippen LogP contribution in [0.15, 0.2) is 11.2 Å². The van der Waals surface area contributed by atoms with Crippen molar-refractivity contribution in [2.24, 2.45) is 13.0 Å². The predicted molar refractivity (Wildman–Crippen MR) is 98.1 cm³/mol. The molecule has 2 unspecified atom stereocenters. The van der Waals surface area contributed by atoms with Crippen LogP contribution in [0, 0.1) is 12.8 Å². The molecule has 2 saturated heterocycles. The van der Waals surface area contributed by atoms with Crippen molar-refractivity contribution in [3.8, 4) is 0 Å². The molecule has 1 aromatic rings. The van der Waals surface area contributed by atoms with Crippen LogP contribution in [0.5, 0.6) is 0 Å². The summed E-state index contributed by atoms with van der Waals surface area (Å²) in [5.74, 6) is 0.588. The second-order valence-electron chi connectivity index (χ2n) is 7.42. The maximum absolute atomic E-state index is 12.7. The number of aryl methyl sites for hydroxylation is 2. The fourth-order valence-corrected chi connectivity index (χ4v) is 5.18. The molecular formula is C17H29N5O3S. The zero-order chi connectivity index (χ0) is 18.9. The van der Waals surface area contributed by atoms with E-state index in [4.69, 9.17) is 0 Å². The molecule has 0 saturated carbocycles. The molecule has 2 aliphatic heterocycles. The number of carbonyl (C=O) groups excluding carboxylic acids is 1. The van der Waals surface area contributed by atoms with E-state index in [1.165, 1.54) is 4.31 Å². The predicted octanol–water partition coefficient (Wildman–Crippen LogP) is 0.386. The van der Waals surface area contributed by atoms with Gasteiger partial charge >= 0.3 is 0 Å². The molecule has 1 aromatic heterocycles. The van der Waals surface area contributed by atoms with Gasteiger partial charge in [0.15, 0.2) is 5.03 Å². The molecule has 2 atom stereocenters. The van der Waals surface area contributed by atoms with Gasteiger partial charge in [-0.1, -0.05) is 0 Å². The summed E-state index contributed by atoms with van der Waals surface area (Å²) in [5.41, 5.74) is 0. The van der Waals surface area contributed by atoms with Crippen molar-refractivity contribution in [3.63, 3.8) is 0 Å². The summed E-state index contributed by atoms with van der Waals surface area (Å²) in [5, 5.41) is 6.62. The van der Waals surface area contributed by atoms with Crippen molar-refractivity contribution < 1.29 is 13.2 Å². The average Bonchev–Trinajstić information content (AvgIpc) is 2.97. The van der Waals surface area contributed by atoms with E-state index < -0.39 is 10.0 Å². The summed E-state index contributed by atoms with van der Waals surface area (Å²) >= 11 is 0. The lowest BCUT2D eigenvalue weighted by Crippen LogP contribution is -2.54. The number of carbonyl (C=O) groups is 1. The highest BCUT2D eigenvalue weighted by Crippen LogP contribution is 2.24. The molecule has 8 nitrogen and oxygen atoms in total. The minimum atomic E-state index is -3.59. The number of sulfonamides is 1. The molecule has 146 valence electrons. The van der Waals surface area contributed by atoms with Crippen LogP contribution in [0.4, 0.5) is 0 Å². The van der Waals surface area contributed by atoms with Crippen LogP contribution in [0.2, 0.25) is 0 Å². The lowest BCUT2D eigenvalue weighted by molar-refractivity contribution is -0.127. The number of nitrogens with one attached hydrogen (secondary N) is 2. The van der Waals surface area contributed by atoms with Gasteiger partial charge in [-0.3, -0.25) is 4.79 Å². The number of piperidine rings is 2. The molecule has 9 heteroatoms. The highest BCUT2D eigenvalue weighted by atomic mass is 32.2. The second-order valence-corrected chi connectivity index (χ2v) is 9.30. The van der Waals surface area contributed by atoms with Crippen molar-refractivity contribution in [3.05, 3.63) is 12.0 Å². The quantitative estimate of drug-likeness (QED) is 0.784. The van der Waals surface area contributed by atoms with Gasteiger partial charge in [0, 0.05) is 44.3 Å². The Balaban J connectivity index is 1.57. The standard InChI is InChI=1S/C17H29N5O3S/c1-12-15(5-4-8-18-12)20-17(23)14-6-9-22(10-7-14)26(24,25)16-11-21(3)13(2)19-16/h11-12,14-15,18H,4-10H2,1-3H3,(H,20,23). The number of imidazole rings is 1. The number of nitrogens with zero attached hydrogens (tertiary/aromatic N) is 3. The third-order valence-corrected chi connectivity index (χ3v) is 7.38. The minimum Gasteiger partial charge on any atom is -0.352 e. The van der Waals surface area contributed by atoms with E-state index in [-0.39, 0.29) is 28.9 Å². The van der Waals surface area contributed by atoms with Gasteiger partial charge in [-0.2, -0.15) is 4.31 Å². The molecular weight excluding hydrogens is 354 g/mol. The van der Waals surface area contributed by atoms with E-state index in [0.29, 0.717) is 31.8 Å². The summed E-state index contributed by atoms with van der Waals surface area (Å²) in [6, 6.07) is 0.440. The summed E-state index contributed by atoms with van der Waals surface area (Å²) in [7, 11) is -1.81. The Bertz CT molecular complexity index is 733. The van der Waals surface area contributed by atoms with E-state index in [9.17, 15) is 13.2 Å². The summed E-state index contributed by atoms with van der Waals surface area (Å²) < 4.78 is 28.6. The van der Waals surface area contributed by atoms with Crippen LogP contribution in [0.1, 0.15) is 38.4 Å². The lowest BCUT2D eigenvalue weighted by atomic mass is 9.94. The molecule has 3 rings (SSSR count). The van der Waals surface area contributed by atoms with Crippen LogP contribution in [0.25, 0.3) is 0 Å². The first-order valence-electron chi connectivity index (χ1n) is 9.33. The molecule has 0 radical (unpaired) electrons. The van der Waals surface area contributed by atoms with Crippen LogP contribution in [-0.2, 0) is 21.9 Å². The Kier molecular flexibility index (Phi) is 5.69. The maximum atomic E-state index is 12.7. The Hall–Kier alpha value is -1.45. The van der Waals surface area contributed by atoms with Crippen molar-refractivity contribution in [1.82, 2.24) is 24.5 Å². The second kappa shape index (κ2) is 7.66. The smallest absolute Gasteiger partial charge is 0.262 e. The largest absolute Gasteiger partial charge is 0.352 e. The molecule has 2 N–H and O–H groups in total. The number of aromatic nitrogens is 2. The topological polar surface area (TPSA) is 96.3 Å². The van der Waals surface area contributed by atoms with Gasteiger partial charge < -0.3 is 15.2 Å². The summed E-state index contributed by atoms with van der Waals surface area (Å²) in [6.07, 6.45) is 4.69. The molecule has 26 heavy (non-hydrogen) atoms. The average molecular weight is 384 g/mol. The van der Waals surface area contributed by atoms with Crippen LogP contribution in [0.3, 0.4) is 0 Å². The van der Waals surface area contributed by atoms with E-state index in [0.717, 1.165) is 19.4 Å². The normalized spacial score (nSPS) is 26.0. The first-order valence-corrected chi connectivity index (χ1v) is 10.8. The van der Waals surface area contributed by atoms with Gasteiger partial charge in [0.25, 0.3) is 10.0 Å². The van der Waals surface area contributed by atoms with Crippen LogP contribution < -0.4 is 10.6 Å². The third-order valence-electron chi connectivity index (χ3n) is 5.60. The third kappa shape index (κ3) is 3.94. The van der Waals surface area contributed by atoms with Gasteiger partial charge in [0.1, 0.15) is 5.82 Å². The first-order chi connectivity index (χ1) is 12.3. The van der Waals surface area contributed by atoms with Crippen LogP contribution >= 0.6 is 0 Å². The molecule has 1 amide bonds. The van der Waals surface area contributed by atoms with Crippen molar-refractivity contribution in [1.29, 1.82) is 0 Å². The van der Waals surface area contributed by atoms with Crippen molar-refractivity contribution >= 4 is 15.9 Å². The monoisotopic (exact) mass is 383 g/mol. The SMILES string of the molecule is Cc1nc(S(=O)(=O)N2CCC(C(=O)NC3CCCNC3C)CC2)cn1C. The lowest BCUT2D eigenvalue weighted by Gasteiger charge is -2.34. The van der Waals surface area contributed by atoms with Gasteiger partial charge in [-0.05, 0) is 46.1 Å². The number of hydrogen-bond acceptors (Lipinski definition) is 5. The highest BCUT2D eigenvalue weighted by Gasteiger charge is 2.34. The Morgan fingerprint density at radius 3 is 2.58 bits per heavy atom. The van der Waals surface area contributed by atoms with E-state index in [1.807, 2.05) is 0 Å². The molecule has 0 aromatic carbocycles. The number of hydrogen-bond donors (Lipinski definition) is 2. The molecule has 0 spiro atoms.